The molecule has 15 heavy (non-hydrogen) atoms. The normalized spacial score (nSPS) is 14.3. The average Bonchev–Trinajstić information content (AvgIpc) is 2.25. The molecule has 0 aliphatic carbocycles. The molecule has 0 fully saturated rings. The van der Waals surface area contributed by atoms with Gasteiger partial charge in [0, 0.05) is 10.5 Å². The lowest BCUT2D eigenvalue weighted by atomic mass is 10.0. The molecule has 0 aliphatic rings. The molecule has 1 rings (SSSR count). The molecule has 0 spiro atoms. The summed E-state index contributed by atoms with van der Waals surface area (Å²) in [5, 5.41) is 3.40. The number of rotatable bonds is 4. The van der Waals surface area contributed by atoms with Crippen molar-refractivity contribution >= 4 is 15.9 Å². The van der Waals surface area contributed by atoms with Crippen molar-refractivity contribution in [1.82, 2.24) is 5.32 Å². The van der Waals surface area contributed by atoms with Crippen molar-refractivity contribution in [3.8, 4) is 12.3 Å². The van der Waals surface area contributed by atoms with Crippen LogP contribution in [-0.4, -0.2) is 6.04 Å². The van der Waals surface area contributed by atoms with E-state index in [9.17, 15) is 0 Å². The third-order valence-corrected chi connectivity index (χ3v) is 2.85. The van der Waals surface area contributed by atoms with Crippen molar-refractivity contribution in [2.24, 2.45) is 0 Å². The van der Waals surface area contributed by atoms with Crippen LogP contribution in [0.4, 0.5) is 0 Å². The minimum Gasteiger partial charge on any atom is -0.297 e. The maximum Gasteiger partial charge on any atom is 0.0663 e. The summed E-state index contributed by atoms with van der Waals surface area (Å²) in [6.45, 7) is 4.16. The molecule has 0 radical (unpaired) electrons. The molecule has 0 saturated carbocycles. The first-order valence-electron chi connectivity index (χ1n) is 5.15. The molecule has 1 N–H and O–H groups in total. The van der Waals surface area contributed by atoms with E-state index in [4.69, 9.17) is 6.42 Å². The Balaban J connectivity index is 2.79. The molecule has 0 heterocycles. The van der Waals surface area contributed by atoms with E-state index in [0.717, 1.165) is 10.9 Å². The number of benzene rings is 1. The molecular formula is C13H16BrN. The smallest absolute Gasteiger partial charge is 0.0663 e. The summed E-state index contributed by atoms with van der Waals surface area (Å²) in [5.41, 5.74) is 1.27. The van der Waals surface area contributed by atoms with E-state index in [1.807, 2.05) is 19.1 Å². The van der Waals surface area contributed by atoms with Crippen molar-refractivity contribution in [3.05, 3.63) is 34.3 Å². The van der Waals surface area contributed by atoms with Gasteiger partial charge in [0.05, 0.1) is 6.04 Å². The van der Waals surface area contributed by atoms with E-state index < -0.39 is 0 Å². The van der Waals surface area contributed by atoms with Crippen molar-refractivity contribution in [3.63, 3.8) is 0 Å². The van der Waals surface area contributed by atoms with Crippen LogP contribution < -0.4 is 5.32 Å². The molecule has 2 unspecified atom stereocenters. The summed E-state index contributed by atoms with van der Waals surface area (Å²) in [5.74, 6) is 2.69. The largest absolute Gasteiger partial charge is 0.297 e. The second-order valence-electron chi connectivity index (χ2n) is 3.57. The molecule has 1 aromatic rings. The highest BCUT2D eigenvalue weighted by Gasteiger charge is 2.10. The molecule has 1 aromatic carbocycles. The number of hydrogen-bond donors (Lipinski definition) is 1. The van der Waals surface area contributed by atoms with Gasteiger partial charge in [-0.15, -0.1) is 6.42 Å². The van der Waals surface area contributed by atoms with Crippen LogP contribution in [0.1, 0.15) is 31.9 Å². The van der Waals surface area contributed by atoms with Gasteiger partial charge in [0.25, 0.3) is 0 Å². The van der Waals surface area contributed by atoms with E-state index >= 15 is 0 Å². The molecule has 0 bridgehead atoms. The van der Waals surface area contributed by atoms with E-state index in [1.54, 1.807) is 0 Å². The van der Waals surface area contributed by atoms with Crippen LogP contribution >= 0.6 is 15.9 Å². The molecule has 0 aromatic heterocycles. The highest BCUT2D eigenvalue weighted by Crippen LogP contribution is 2.20. The summed E-state index contributed by atoms with van der Waals surface area (Å²) >= 11 is 3.47. The van der Waals surface area contributed by atoms with Gasteiger partial charge in [0.15, 0.2) is 0 Å². The van der Waals surface area contributed by atoms with Gasteiger partial charge in [0.2, 0.25) is 0 Å². The van der Waals surface area contributed by atoms with Crippen LogP contribution in [0.25, 0.3) is 0 Å². The molecule has 0 amide bonds. The standard InChI is InChI=1S/C13H16BrN/c1-4-10(3)15-13(5-2)11-7-6-8-12(14)9-11/h1,6-10,13,15H,5H2,2-3H3. The Labute approximate surface area is 100 Å². The average molecular weight is 266 g/mol. The molecule has 0 saturated heterocycles. The second kappa shape index (κ2) is 5.95. The molecule has 80 valence electrons. The Morgan fingerprint density at radius 1 is 1.53 bits per heavy atom. The van der Waals surface area contributed by atoms with Gasteiger partial charge in [-0.05, 0) is 31.0 Å². The summed E-state index contributed by atoms with van der Waals surface area (Å²) in [7, 11) is 0. The van der Waals surface area contributed by atoms with Gasteiger partial charge in [0.1, 0.15) is 0 Å². The minimum absolute atomic E-state index is 0.105. The predicted octanol–water partition coefficient (Wildman–Crippen LogP) is 3.51. The van der Waals surface area contributed by atoms with Crippen LogP contribution in [0.5, 0.6) is 0 Å². The van der Waals surface area contributed by atoms with Gasteiger partial charge < -0.3 is 0 Å². The first-order chi connectivity index (χ1) is 7.17. The van der Waals surface area contributed by atoms with Crippen LogP contribution in [0, 0.1) is 12.3 Å². The number of nitrogens with one attached hydrogen (secondary N) is 1. The lowest BCUT2D eigenvalue weighted by molar-refractivity contribution is 0.497. The van der Waals surface area contributed by atoms with Gasteiger partial charge in [-0.3, -0.25) is 5.32 Å². The van der Waals surface area contributed by atoms with E-state index in [2.05, 4.69) is 46.2 Å². The van der Waals surface area contributed by atoms with Crippen LogP contribution in [0.2, 0.25) is 0 Å². The monoisotopic (exact) mass is 265 g/mol. The lowest BCUT2D eigenvalue weighted by Crippen LogP contribution is -2.28. The molecule has 2 heteroatoms. The quantitative estimate of drug-likeness (QED) is 0.822. The third kappa shape index (κ3) is 3.70. The molecule has 1 nitrogen and oxygen atoms in total. The first kappa shape index (κ1) is 12.3. The van der Waals surface area contributed by atoms with Crippen molar-refractivity contribution < 1.29 is 0 Å². The van der Waals surface area contributed by atoms with Crippen molar-refractivity contribution in [2.45, 2.75) is 32.4 Å². The highest BCUT2D eigenvalue weighted by atomic mass is 79.9. The Kier molecular flexibility index (Phi) is 4.87. The number of hydrogen-bond acceptors (Lipinski definition) is 1. The zero-order valence-electron chi connectivity index (χ0n) is 9.13. The van der Waals surface area contributed by atoms with Gasteiger partial charge >= 0.3 is 0 Å². The number of halogens is 1. The lowest BCUT2D eigenvalue weighted by Gasteiger charge is -2.19. The topological polar surface area (TPSA) is 12.0 Å². The van der Waals surface area contributed by atoms with Crippen LogP contribution in [0.15, 0.2) is 28.7 Å². The van der Waals surface area contributed by atoms with Gasteiger partial charge in [-0.25, -0.2) is 0 Å². The van der Waals surface area contributed by atoms with Crippen molar-refractivity contribution in [2.75, 3.05) is 0 Å². The Hall–Kier alpha value is -0.780. The van der Waals surface area contributed by atoms with Crippen molar-refractivity contribution in [1.29, 1.82) is 0 Å². The zero-order valence-corrected chi connectivity index (χ0v) is 10.7. The predicted molar refractivity (Wildman–Crippen MR) is 68.6 cm³/mol. The Bertz CT molecular complexity index is 354. The van der Waals surface area contributed by atoms with E-state index in [-0.39, 0.29) is 6.04 Å². The first-order valence-corrected chi connectivity index (χ1v) is 5.94. The summed E-state index contributed by atoms with van der Waals surface area (Å²) in [6, 6.07) is 8.76. The van der Waals surface area contributed by atoms with Gasteiger partial charge in [-0.1, -0.05) is 40.9 Å². The minimum atomic E-state index is 0.105. The zero-order chi connectivity index (χ0) is 11.3. The molecule has 0 aliphatic heterocycles. The summed E-state index contributed by atoms with van der Waals surface area (Å²) in [4.78, 5) is 0. The SMILES string of the molecule is C#CC(C)NC(CC)c1cccc(Br)c1. The summed E-state index contributed by atoms with van der Waals surface area (Å²) < 4.78 is 1.11. The van der Waals surface area contributed by atoms with Crippen LogP contribution in [-0.2, 0) is 0 Å². The highest BCUT2D eigenvalue weighted by molar-refractivity contribution is 9.10. The van der Waals surface area contributed by atoms with Gasteiger partial charge in [-0.2, -0.15) is 0 Å². The Morgan fingerprint density at radius 2 is 2.27 bits per heavy atom. The fraction of sp³-hybridized carbons (Fsp3) is 0.385. The molecule has 2 atom stereocenters. The Morgan fingerprint density at radius 3 is 2.80 bits per heavy atom. The maximum atomic E-state index is 5.36. The second-order valence-corrected chi connectivity index (χ2v) is 4.49. The van der Waals surface area contributed by atoms with Crippen LogP contribution in [0.3, 0.4) is 0 Å². The maximum absolute atomic E-state index is 5.36. The third-order valence-electron chi connectivity index (χ3n) is 2.36. The van der Waals surface area contributed by atoms with E-state index in [1.165, 1.54) is 5.56 Å². The fourth-order valence-electron chi connectivity index (χ4n) is 1.52. The number of terminal acetylenes is 1. The summed E-state index contributed by atoms with van der Waals surface area (Å²) in [6.07, 6.45) is 6.39. The fourth-order valence-corrected chi connectivity index (χ4v) is 1.94. The van der Waals surface area contributed by atoms with E-state index in [0.29, 0.717) is 6.04 Å². The molecular weight excluding hydrogens is 250 g/mol.